The molecular formula is C15H20O5. The second kappa shape index (κ2) is 3.59. The summed E-state index contributed by atoms with van der Waals surface area (Å²) in [7, 11) is 0. The van der Waals surface area contributed by atoms with Crippen molar-refractivity contribution in [2.24, 2.45) is 10.8 Å². The molecule has 0 bridgehead atoms. The zero-order valence-electron chi connectivity index (χ0n) is 12.3. The molecule has 0 radical (unpaired) electrons. The maximum absolute atomic E-state index is 12.6. The molecular weight excluding hydrogens is 260 g/mol. The monoisotopic (exact) mass is 280 g/mol. The lowest BCUT2D eigenvalue weighted by Crippen LogP contribution is -2.67. The molecule has 2 saturated carbocycles. The summed E-state index contributed by atoms with van der Waals surface area (Å²) in [5.41, 5.74) is -2.85. The number of aliphatic hydroxyl groups is 1. The molecule has 5 heteroatoms. The van der Waals surface area contributed by atoms with Crippen molar-refractivity contribution in [1.82, 2.24) is 0 Å². The van der Waals surface area contributed by atoms with Crippen molar-refractivity contribution in [2.75, 3.05) is 0 Å². The van der Waals surface area contributed by atoms with Crippen LogP contribution in [0.1, 0.15) is 47.0 Å². The van der Waals surface area contributed by atoms with E-state index in [1.807, 2.05) is 0 Å². The molecule has 3 aliphatic rings. The van der Waals surface area contributed by atoms with E-state index < -0.39 is 22.2 Å². The molecule has 1 spiro atoms. The van der Waals surface area contributed by atoms with Gasteiger partial charge in [0, 0.05) is 0 Å². The van der Waals surface area contributed by atoms with Crippen LogP contribution in [0.2, 0.25) is 0 Å². The van der Waals surface area contributed by atoms with Crippen LogP contribution in [0.5, 0.6) is 0 Å². The molecule has 5 nitrogen and oxygen atoms in total. The zero-order chi connectivity index (χ0) is 15.0. The second-order valence-electron chi connectivity index (χ2n) is 7.20. The Bertz CT molecular complexity index is 538. The number of hydrogen-bond donors (Lipinski definition) is 1. The number of rotatable bonds is 0. The largest absolute Gasteiger partial charge is 0.359 e. The van der Waals surface area contributed by atoms with Crippen LogP contribution >= 0.6 is 0 Å². The lowest BCUT2D eigenvalue weighted by atomic mass is 9.57. The molecule has 0 saturated heterocycles. The fourth-order valence-corrected chi connectivity index (χ4v) is 3.36. The normalized spacial score (nSPS) is 37.1. The van der Waals surface area contributed by atoms with Gasteiger partial charge in [0.15, 0.2) is 11.6 Å². The van der Waals surface area contributed by atoms with E-state index in [2.05, 4.69) is 0 Å². The smallest absolute Gasteiger partial charge is 0.240 e. The molecule has 0 aromatic rings. The first kappa shape index (κ1) is 13.9. The molecule has 1 N–H and O–H groups in total. The minimum Gasteiger partial charge on any atom is -0.359 e. The van der Waals surface area contributed by atoms with Gasteiger partial charge in [0.2, 0.25) is 5.79 Å². The highest BCUT2D eigenvalue weighted by Gasteiger charge is 2.68. The Hall–Kier alpha value is -1.04. The molecule has 1 atom stereocenters. The van der Waals surface area contributed by atoms with Crippen molar-refractivity contribution in [3.8, 4) is 0 Å². The van der Waals surface area contributed by atoms with E-state index in [9.17, 15) is 14.7 Å². The summed E-state index contributed by atoms with van der Waals surface area (Å²) in [5.74, 6) is -2.72. The zero-order valence-corrected chi connectivity index (χ0v) is 12.3. The van der Waals surface area contributed by atoms with Crippen molar-refractivity contribution >= 4 is 11.6 Å². The third kappa shape index (κ3) is 1.38. The highest BCUT2D eigenvalue weighted by atomic mass is 17.2. The Kier molecular flexibility index (Phi) is 2.50. The minimum atomic E-state index is -2.00. The molecule has 2 aliphatic carbocycles. The third-order valence-electron chi connectivity index (χ3n) is 5.10. The van der Waals surface area contributed by atoms with E-state index in [0.717, 1.165) is 19.3 Å². The SMILES string of the molecule is CC1(C)C(=O)C2=CC3(CCC3)OOC2(O)C(C)(C)C1=O. The molecule has 3 rings (SSSR count). The lowest BCUT2D eigenvalue weighted by Gasteiger charge is -2.54. The standard InChI is InChI=1S/C15H20O5/c1-12(2)10(16)9-8-14(6-5-7-14)19-20-15(9,18)13(3,4)11(12)17/h8,18H,5-7H2,1-4H3. The van der Waals surface area contributed by atoms with Crippen LogP contribution in [0.15, 0.2) is 11.6 Å². The maximum atomic E-state index is 12.6. The van der Waals surface area contributed by atoms with Crippen molar-refractivity contribution < 1.29 is 24.5 Å². The number of ketones is 2. The Morgan fingerprint density at radius 3 is 2.20 bits per heavy atom. The van der Waals surface area contributed by atoms with Gasteiger partial charge in [-0.2, -0.15) is 4.89 Å². The van der Waals surface area contributed by atoms with E-state index in [1.54, 1.807) is 33.8 Å². The molecule has 1 unspecified atom stereocenters. The summed E-state index contributed by atoms with van der Waals surface area (Å²) in [5, 5.41) is 10.8. The summed E-state index contributed by atoms with van der Waals surface area (Å²) in [6, 6.07) is 0. The van der Waals surface area contributed by atoms with E-state index >= 15 is 0 Å². The van der Waals surface area contributed by atoms with Gasteiger partial charge in [-0.05, 0) is 53.0 Å². The number of carbonyl (C=O) groups is 2. The predicted octanol–water partition coefficient (Wildman–Crippen LogP) is 1.69. The first-order valence-corrected chi connectivity index (χ1v) is 6.99. The summed E-state index contributed by atoms with van der Waals surface area (Å²) in [6.07, 6.45) is 4.19. The second-order valence-corrected chi connectivity index (χ2v) is 7.20. The highest BCUT2D eigenvalue weighted by molar-refractivity contribution is 6.19. The number of Topliss-reactive ketones (excluding diaryl/α,β-unsaturated/α-hetero) is 2. The van der Waals surface area contributed by atoms with Crippen LogP contribution in [0, 0.1) is 10.8 Å². The lowest BCUT2D eigenvalue weighted by molar-refractivity contribution is -0.475. The summed E-state index contributed by atoms with van der Waals surface area (Å²) in [6.45, 7) is 6.37. The first-order chi connectivity index (χ1) is 9.07. The molecule has 1 aliphatic heterocycles. The fraction of sp³-hybridized carbons (Fsp3) is 0.733. The Balaban J connectivity index is 2.18. The average molecular weight is 280 g/mol. The molecule has 0 amide bonds. The molecule has 2 fully saturated rings. The van der Waals surface area contributed by atoms with Gasteiger partial charge in [0.1, 0.15) is 5.60 Å². The number of fused-ring (bicyclic) bond motifs is 1. The van der Waals surface area contributed by atoms with E-state index in [-0.39, 0.29) is 17.1 Å². The van der Waals surface area contributed by atoms with Crippen molar-refractivity contribution in [1.29, 1.82) is 0 Å². The molecule has 0 aromatic carbocycles. The Labute approximate surface area is 117 Å². The van der Waals surface area contributed by atoms with Crippen LogP contribution in [-0.4, -0.2) is 28.1 Å². The quantitative estimate of drug-likeness (QED) is 0.540. The van der Waals surface area contributed by atoms with Gasteiger partial charge in [-0.25, -0.2) is 4.89 Å². The van der Waals surface area contributed by atoms with Gasteiger partial charge in [-0.1, -0.05) is 0 Å². The average Bonchev–Trinajstić information content (AvgIpc) is 2.34. The van der Waals surface area contributed by atoms with Crippen molar-refractivity contribution in [3.05, 3.63) is 11.6 Å². The minimum absolute atomic E-state index is 0.165. The molecule has 0 aromatic heterocycles. The van der Waals surface area contributed by atoms with Gasteiger partial charge in [-0.3, -0.25) is 9.59 Å². The van der Waals surface area contributed by atoms with Gasteiger partial charge in [0.25, 0.3) is 0 Å². The predicted molar refractivity (Wildman–Crippen MR) is 69.4 cm³/mol. The summed E-state index contributed by atoms with van der Waals surface area (Å²) < 4.78 is 0. The Morgan fingerprint density at radius 2 is 1.70 bits per heavy atom. The van der Waals surface area contributed by atoms with Crippen LogP contribution in [0.4, 0.5) is 0 Å². The fourth-order valence-electron chi connectivity index (χ4n) is 3.36. The topological polar surface area (TPSA) is 72.8 Å². The third-order valence-corrected chi connectivity index (χ3v) is 5.10. The summed E-state index contributed by atoms with van der Waals surface area (Å²) in [4.78, 5) is 35.7. The van der Waals surface area contributed by atoms with Crippen molar-refractivity contribution in [3.63, 3.8) is 0 Å². The van der Waals surface area contributed by atoms with E-state index in [1.165, 1.54) is 0 Å². The van der Waals surface area contributed by atoms with Crippen molar-refractivity contribution in [2.45, 2.75) is 58.3 Å². The molecule has 1 heterocycles. The molecule has 110 valence electrons. The number of carbonyl (C=O) groups excluding carboxylic acids is 2. The first-order valence-electron chi connectivity index (χ1n) is 6.99. The molecule has 20 heavy (non-hydrogen) atoms. The summed E-state index contributed by atoms with van der Waals surface area (Å²) >= 11 is 0. The highest BCUT2D eigenvalue weighted by Crippen LogP contribution is 2.55. The van der Waals surface area contributed by atoms with Gasteiger partial charge >= 0.3 is 0 Å². The van der Waals surface area contributed by atoms with Crippen LogP contribution in [0.25, 0.3) is 0 Å². The van der Waals surface area contributed by atoms with Crippen LogP contribution in [-0.2, 0) is 19.4 Å². The number of hydrogen-bond acceptors (Lipinski definition) is 5. The Morgan fingerprint density at radius 1 is 1.10 bits per heavy atom. The van der Waals surface area contributed by atoms with Crippen LogP contribution in [0.3, 0.4) is 0 Å². The van der Waals surface area contributed by atoms with Crippen LogP contribution < -0.4 is 0 Å². The van der Waals surface area contributed by atoms with Gasteiger partial charge < -0.3 is 5.11 Å². The van der Waals surface area contributed by atoms with E-state index in [4.69, 9.17) is 9.78 Å². The van der Waals surface area contributed by atoms with Gasteiger partial charge in [0.05, 0.1) is 16.4 Å². The van der Waals surface area contributed by atoms with Gasteiger partial charge in [-0.15, -0.1) is 0 Å². The van der Waals surface area contributed by atoms with E-state index in [0.29, 0.717) is 0 Å². The maximum Gasteiger partial charge on any atom is 0.240 e.